The maximum Gasteiger partial charge on any atom is 0.234 e. The minimum atomic E-state index is -0.150. The topological polar surface area (TPSA) is 97.1 Å². The van der Waals surface area contributed by atoms with Crippen LogP contribution < -0.4 is 16.6 Å². The molecule has 2 amide bonds. The van der Waals surface area contributed by atoms with E-state index in [0.29, 0.717) is 18.0 Å². The number of anilines is 1. The molecule has 118 valence electrons. The zero-order chi connectivity index (χ0) is 15.9. The van der Waals surface area contributed by atoms with Crippen LogP contribution in [-0.2, 0) is 28.9 Å². The summed E-state index contributed by atoms with van der Waals surface area (Å²) in [6, 6.07) is 2.12. The third-order valence-corrected chi connectivity index (χ3v) is 4.82. The predicted molar refractivity (Wildman–Crippen MR) is 88.8 cm³/mol. The molecule has 4 N–H and O–H groups in total. The predicted octanol–water partition coefficient (Wildman–Crippen LogP) is 1.87. The van der Waals surface area contributed by atoms with Crippen LogP contribution in [0, 0.1) is 0 Å². The van der Waals surface area contributed by atoms with E-state index in [0.717, 1.165) is 18.5 Å². The van der Waals surface area contributed by atoms with Gasteiger partial charge in [0.2, 0.25) is 11.8 Å². The Morgan fingerprint density at radius 2 is 2.05 bits per heavy atom. The number of hydrazine groups is 1. The number of nitrogens with two attached hydrogens (primary N) is 1. The van der Waals surface area contributed by atoms with Gasteiger partial charge in [-0.3, -0.25) is 15.0 Å². The number of hydrogen-bond donors (Lipinski definition) is 3. The Bertz CT molecular complexity index is 651. The zero-order valence-electron chi connectivity index (χ0n) is 12.2. The van der Waals surface area contributed by atoms with Crippen molar-refractivity contribution < 1.29 is 9.59 Å². The van der Waals surface area contributed by atoms with Crippen LogP contribution in [0.5, 0.6) is 0 Å². The van der Waals surface area contributed by atoms with E-state index in [4.69, 9.17) is 5.84 Å². The van der Waals surface area contributed by atoms with Crippen LogP contribution >= 0.6 is 22.7 Å². The second-order valence-corrected chi connectivity index (χ2v) is 6.67. The van der Waals surface area contributed by atoms with E-state index in [9.17, 15) is 9.59 Å². The van der Waals surface area contributed by atoms with Gasteiger partial charge >= 0.3 is 0 Å². The molecule has 22 heavy (non-hydrogen) atoms. The highest BCUT2D eigenvalue weighted by Crippen LogP contribution is 2.20. The fourth-order valence-corrected chi connectivity index (χ4v) is 3.62. The van der Waals surface area contributed by atoms with E-state index in [1.165, 1.54) is 28.7 Å². The summed E-state index contributed by atoms with van der Waals surface area (Å²) in [5.74, 6) is 4.80. The Morgan fingerprint density at radius 1 is 1.23 bits per heavy atom. The van der Waals surface area contributed by atoms with Crippen molar-refractivity contribution >= 4 is 39.6 Å². The van der Waals surface area contributed by atoms with Gasteiger partial charge in [-0.25, -0.2) is 10.8 Å². The molecule has 2 heterocycles. The second kappa shape index (κ2) is 8.02. The molecule has 0 atom stereocenters. The average Bonchev–Trinajstić information content (AvgIpc) is 3.11. The van der Waals surface area contributed by atoms with Crippen molar-refractivity contribution in [3.63, 3.8) is 0 Å². The first-order chi connectivity index (χ1) is 10.6. The van der Waals surface area contributed by atoms with Crippen LogP contribution in [0.15, 0.2) is 16.8 Å². The van der Waals surface area contributed by atoms with Gasteiger partial charge < -0.3 is 5.32 Å². The molecule has 2 rings (SSSR count). The summed E-state index contributed by atoms with van der Waals surface area (Å²) in [5, 5.41) is 7.39. The van der Waals surface area contributed by atoms with E-state index in [-0.39, 0.29) is 11.8 Å². The highest BCUT2D eigenvalue weighted by atomic mass is 32.1. The molecule has 0 aliphatic heterocycles. The van der Waals surface area contributed by atoms with E-state index >= 15 is 0 Å². The Hall–Kier alpha value is -1.77. The first-order valence-electron chi connectivity index (χ1n) is 6.84. The van der Waals surface area contributed by atoms with Crippen LogP contribution in [0.4, 0.5) is 5.13 Å². The summed E-state index contributed by atoms with van der Waals surface area (Å²) in [6.07, 6.45) is 2.83. The standard InChI is InChI=1S/C14H18N4O2S2/c1-9(19)16-14-17-11(8-22-14)3-2-10-6-12(21-7-10)4-5-13(20)18-15/h6-8H,2-5,15H2,1H3,(H,18,20)(H,16,17,19). The minimum Gasteiger partial charge on any atom is -0.302 e. The molecule has 0 aliphatic carbocycles. The van der Waals surface area contributed by atoms with Crippen molar-refractivity contribution in [2.75, 3.05) is 5.32 Å². The molecular formula is C14H18N4O2S2. The van der Waals surface area contributed by atoms with Crippen LogP contribution in [0.1, 0.15) is 29.5 Å². The number of aryl methyl sites for hydroxylation is 3. The molecule has 0 aliphatic rings. The molecule has 2 aromatic heterocycles. The highest BCUT2D eigenvalue weighted by molar-refractivity contribution is 7.13. The van der Waals surface area contributed by atoms with Crippen molar-refractivity contribution in [3.8, 4) is 0 Å². The normalized spacial score (nSPS) is 10.5. The monoisotopic (exact) mass is 338 g/mol. The molecular weight excluding hydrogens is 320 g/mol. The van der Waals surface area contributed by atoms with E-state index in [1.807, 2.05) is 5.38 Å². The molecule has 6 nitrogen and oxygen atoms in total. The molecule has 2 aromatic rings. The number of amides is 2. The van der Waals surface area contributed by atoms with Gasteiger partial charge in [-0.15, -0.1) is 22.7 Å². The van der Waals surface area contributed by atoms with Crippen molar-refractivity contribution in [3.05, 3.63) is 33.0 Å². The van der Waals surface area contributed by atoms with Gasteiger partial charge in [0.15, 0.2) is 5.13 Å². The molecule has 0 saturated heterocycles. The van der Waals surface area contributed by atoms with Crippen LogP contribution in [0.25, 0.3) is 0 Å². The summed E-state index contributed by atoms with van der Waals surface area (Å²) >= 11 is 3.09. The molecule has 8 heteroatoms. The third kappa shape index (κ3) is 5.21. The van der Waals surface area contributed by atoms with Crippen LogP contribution in [-0.4, -0.2) is 16.8 Å². The Kier molecular flexibility index (Phi) is 6.05. The zero-order valence-corrected chi connectivity index (χ0v) is 13.9. The number of hydrogen-bond acceptors (Lipinski definition) is 6. The number of carbonyl (C=O) groups is 2. The van der Waals surface area contributed by atoms with E-state index < -0.39 is 0 Å². The highest BCUT2D eigenvalue weighted by Gasteiger charge is 2.06. The van der Waals surface area contributed by atoms with Gasteiger partial charge in [0, 0.05) is 23.6 Å². The lowest BCUT2D eigenvalue weighted by Gasteiger charge is -1.97. The van der Waals surface area contributed by atoms with Gasteiger partial charge in [-0.1, -0.05) is 0 Å². The fraction of sp³-hybridized carbons (Fsp3) is 0.357. The first-order valence-corrected chi connectivity index (χ1v) is 8.60. The maximum atomic E-state index is 11.1. The molecule has 0 spiro atoms. The largest absolute Gasteiger partial charge is 0.302 e. The minimum absolute atomic E-state index is 0.107. The number of aromatic nitrogens is 1. The van der Waals surface area contributed by atoms with Crippen LogP contribution in [0.3, 0.4) is 0 Å². The lowest BCUT2D eigenvalue weighted by molar-refractivity contribution is -0.121. The van der Waals surface area contributed by atoms with Crippen molar-refractivity contribution in [1.82, 2.24) is 10.4 Å². The van der Waals surface area contributed by atoms with E-state index in [2.05, 4.69) is 27.2 Å². The van der Waals surface area contributed by atoms with Gasteiger partial charge in [0.25, 0.3) is 0 Å². The summed E-state index contributed by atoms with van der Waals surface area (Å²) in [4.78, 5) is 27.6. The molecule has 0 unspecified atom stereocenters. The smallest absolute Gasteiger partial charge is 0.234 e. The number of thiophene rings is 1. The average molecular weight is 338 g/mol. The van der Waals surface area contributed by atoms with Gasteiger partial charge in [-0.2, -0.15) is 0 Å². The third-order valence-electron chi connectivity index (χ3n) is 2.97. The lowest BCUT2D eigenvalue weighted by Crippen LogP contribution is -2.30. The molecule has 0 bridgehead atoms. The summed E-state index contributed by atoms with van der Waals surface area (Å²) in [6.45, 7) is 1.47. The van der Waals surface area contributed by atoms with Gasteiger partial charge in [0.05, 0.1) is 5.69 Å². The van der Waals surface area contributed by atoms with Crippen LogP contribution in [0.2, 0.25) is 0 Å². The first kappa shape index (κ1) is 16.6. The van der Waals surface area contributed by atoms with Gasteiger partial charge in [-0.05, 0) is 36.3 Å². The van der Waals surface area contributed by atoms with Crippen molar-refractivity contribution in [1.29, 1.82) is 0 Å². The molecule has 0 radical (unpaired) electrons. The Morgan fingerprint density at radius 3 is 2.77 bits per heavy atom. The van der Waals surface area contributed by atoms with Crippen molar-refractivity contribution in [2.45, 2.75) is 32.6 Å². The number of nitrogens with zero attached hydrogens (tertiary/aromatic N) is 1. The quantitative estimate of drug-likeness (QED) is 0.408. The second-order valence-electron chi connectivity index (χ2n) is 4.81. The van der Waals surface area contributed by atoms with Gasteiger partial charge in [0.1, 0.15) is 0 Å². The molecule has 0 aromatic carbocycles. The Balaban J connectivity index is 1.81. The lowest BCUT2D eigenvalue weighted by atomic mass is 10.1. The SMILES string of the molecule is CC(=O)Nc1nc(CCc2csc(CCC(=O)NN)c2)cs1. The van der Waals surface area contributed by atoms with Crippen molar-refractivity contribution in [2.24, 2.45) is 5.84 Å². The summed E-state index contributed by atoms with van der Waals surface area (Å²) in [5.41, 5.74) is 4.35. The van der Waals surface area contributed by atoms with E-state index in [1.54, 1.807) is 11.3 Å². The summed E-state index contributed by atoms with van der Waals surface area (Å²) in [7, 11) is 0. The summed E-state index contributed by atoms with van der Waals surface area (Å²) < 4.78 is 0. The maximum absolute atomic E-state index is 11.1. The number of nitrogens with one attached hydrogen (secondary N) is 2. The molecule has 0 saturated carbocycles. The fourth-order valence-electron chi connectivity index (χ4n) is 1.90. The number of thiazole rings is 1. The number of rotatable bonds is 7. The number of carbonyl (C=O) groups excluding carboxylic acids is 2. The molecule has 0 fully saturated rings. The Labute approximate surface area is 136 Å².